The summed E-state index contributed by atoms with van der Waals surface area (Å²) in [7, 11) is 0. The molecule has 0 radical (unpaired) electrons. The number of phenolic OH excluding ortho intramolecular Hbond substituents is 1. The van der Waals surface area contributed by atoms with Crippen LogP contribution in [0.15, 0.2) is 53.5 Å². The van der Waals surface area contributed by atoms with Gasteiger partial charge in [-0.25, -0.2) is 4.79 Å². The summed E-state index contributed by atoms with van der Waals surface area (Å²) in [5.74, 6) is 0.193. The number of anilines is 1. The molecule has 26 heavy (non-hydrogen) atoms. The van der Waals surface area contributed by atoms with Crippen LogP contribution in [0.3, 0.4) is 0 Å². The van der Waals surface area contributed by atoms with Crippen molar-refractivity contribution in [3.8, 4) is 5.75 Å². The van der Waals surface area contributed by atoms with E-state index in [1.807, 2.05) is 43.3 Å². The predicted octanol–water partition coefficient (Wildman–Crippen LogP) is 3.16. The molecular weight excluding hydrogens is 352 g/mol. The summed E-state index contributed by atoms with van der Waals surface area (Å²) in [4.78, 5) is 16.6. The van der Waals surface area contributed by atoms with Crippen LogP contribution in [0.4, 0.5) is 10.5 Å². The van der Waals surface area contributed by atoms with Crippen molar-refractivity contribution in [1.82, 2.24) is 10.6 Å². The number of aromatic hydroxyl groups is 1. The molecule has 1 atom stereocenters. The van der Waals surface area contributed by atoms with Gasteiger partial charge in [0, 0.05) is 37.0 Å². The number of aryl methyl sites for hydroxylation is 1. The van der Waals surface area contributed by atoms with E-state index in [0.29, 0.717) is 25.1 Å². The Morgan fingerprint density at radius 2 is 1.96 bits per heavy atom. The molecule has 2 aromatic rings. The lowest BCUT2D eigenvalue weighted by Crippen LogP contribution is -2.41. The largest absolute Gasteiger partial charge is 0.508 e. The first-order valence-corrected chi connectivity index (χ1v) is 8.28. The Morgan fingerprint density at radius 3 is 2.62 bits per heavy atom. The number of benzene rings is 2. The zero-order valence-electron chi connectivity index (χ0n) is 14.5. The van der Waals surface area contributed by atoms with E-state index in [0.717, 1.165) is 11.3 Å². The second-order valence-corrected chi connectivity index (χ2v) is 6.07. The van der Waals surface area contributed by atoms with Crippen LogP contribution in [0, 0.1) is 6.92 Å². The third kappa shape index (κ3) is 4.53. The van der Waals surface area contributed by atoms with Gasteiger partial charge in [-0.2, -0.15) is 0 Å². The highest BCUT2D eigenvalue weighted by molar-refractivity contribution is 5.89. The van der Waals surface area contributed by atoms with Gasteiger partial charge in [0.25, 0.3) is 0 Å². The molecule has 0 bridgehead atoms. The molecule has 7 heteroatoms. The number of hydrogen-bond donors (Lipinski definition) is 4. The zero-order chi connectivity index (χ0) is 17.7. The quantitative estimate of drug-likeness (QED) is 0.648. The van der Waals surface area contributed by atoms with Gasteiger partial charge in [-0.15, -0.1) is 12.4 Å². The van der Waals surface area contributed by atoms with Gasteiger partial charge in [0.15, 0.2) is 0 Å². The highest BCUT2D eigenvalue weighted by atomic mass is 35.5. The summed E-state index contributed by atoms with van der Waals surface area (Å²) < 4.78 is 0. The third-order valence-electron chi connectivity index (χ3n) is 4.23. The van der Waals surface area contributed by atoms with E-state index < -0.39 is 5.66 Å². The van der Waals surface area contributed by atoms with Crippen molar-refractivity contribution in [3.63, 3.8) is 0 Å². The van der Waals surface area contributed by atoms with Gasteiger partial charge in [-0.3, -0.25) is 10.3 Å². The average molecular weight is 375 g/mol. The van der Waals surface area contributed by atoms with Crippen LogP contribution in [0.25, 0.3) is 0 Å². The van der Waals surface area contributed by atoms with Gasteiger partial charge in [-0.1, -0.05) is 35.9 Å². The van der Waals surface area contributed by atoms with Crippen LogP contribution in [0.2, 0.25) is 0 Å². The number of amides is 2. The highest BCUT2D eigenvalue weighted by Crippen LogP contribution is 2.34. The van der Waals surface area contributed by atoms with E-state index in [2.05, 4.69) is 20.9 Å². The second kappa shape index (κ2) is 8.69. The van der Waals surface area contributed by atoms with Gasteiger partial charge in [0.2, 0.25) is 0 Å². The maximum Gasteiger partial charge on any atom is 0.319 e. The molecule has 0 saturated carbocycles. The average Bonchev–Trinajstić information content (AvgIpc) is 3.07. The number of nitrogens with one attached hydrogen (secondary N) is 3. The number of halogens is 1. The number of rotatable bonds is 5. The number of nitrogens with zero attached hydrogens (tertiary/aromatic N) is 1. The molecule has 0 fully saturated rings. The lowest BCUT2D eigenvalue weighted by Gasteiger charge is -2.28. The van der Waals surface area contributed by atoms with Crippen molar-refractivity contribution >= 4 is 30.3 Å². The molecule has 1 unspecified atom stereocenters. The van der Waals surface area contributed by atoms with Crippen molar-refractivity contribution in [2.45, 2.75) is 19.0 Å². The first kappa shape index (κ1) is 19.8. The molecule has 0 spiro atoms. The van der Waals surface area contributed by atoms with E-state index in [-0.39, 0.29) is 24.2 Å². The van der Waals surface area contributed by atoms with Crippen molar-refractivity contribution in [1.29, 1.82) is 0 Å². The number of aliphatic imine (C=N–C) groups is 1. The van der Waals surface area contributed by atoms with Gasteiger partial charge in [0.05, 0.1) is 0 Å². The number of urea groups is 1. The van der Waals surface area contributed by atoms with Crippen molar-refractivity contribution in [3.05, 3.63) is 59.7 Å². The van der Waals surface area contributed by atoms with Crippen LogP contribution in [-0.4, -0.2) is 30.4 Å². The molecular formula is C19H23ClN4O2. The van der Waals surface area contributed by atoms with Gasteiger partial charge >= 0.3 is 6.03 Å². The fraction of sp³-hybridized carbons (Fsp3) is 0.263. The number of phenols is 1. The van der Waals surface area contributed by atoms with E-state index in [1.165, 1.54) is 0 Å². The summed E-state index contributed by atoms with van der Waals surface area (Å²) >= 11 is 0. The van der Waals surface area contributed by atoms with Crippen LogP contribution in [-0.2, 0) is 5.66 Å². The Labute approximate surface area is 159 Å². The van der Waals surface area contributed by atoms with Gasteiger partial charge < -0.3 is 15.7 Å². The first-order valence-electron chi connectivity index (χ1n) is 8.28. The minimum Gasteiger partial charge on any atom is -0.508 e. The maximum atomic E-state index is 12.0. The van der Waals surface area contributed by atoms with Crippen LogP contribution >= 0.6 is 12.4 Å². The maximum absolute atomic E-state index is 12.0. The molecule has 4 N–H and O–H groups in total. The number of hydrogen-bond acceptors (Lipinski definition) is 4. The smallest absolute Gasteiger partial charge is 0.319 e. The van der Waals surface area contributed by atoms with Gasteiger partial charge in [-0.05, 0) is 25.1 Å². The van der Waals surface area contributed by atoms with E-state index >= 15 is 0 Å². The minimum atomic E-state index is -0.706. The summed E-state index contributed by atoms with van der Waals surface area (Å²) in [6, 6.07) is 14.5. The highest BCUT2D eigenvalue weighted by Gasteiger charge is 2.35. The standard InChI is InChI=1S/C19H22N4O2.ClH/c1-14-6-8-15(9-7-14)23-18(25)20-11-10-19(21-12-13-22-19)16-4-2-3-5-17(16)24;/h2-9,12,22,24H,10-11,13H2,1H3,(H2,20,23,25);1H. The molecule has 0 aromatic heterocycles. The lowest BCUT2D eigenvalue weighted by atomic mass is 9.96. The van der Waals surface area contributed by atoms with E-state index in [9.17, 15) is 9.90 Å². The monoisotopic (exact) mass is 374 g/mol. The molecule has 1 aliphatic rings. The topological polar surface area (TPSA) is 85.8 Å². The Kier molecular flexibility index (Phi) is 6.60. The molecule has 6 nitrogen and oxygen atoms in total. The SMILES string of the molecule is Cc1ccc(NC(=O)NCCC2(c3ccccc3O)N=CCN2)cc1.Cl. The van der Waals surface area contributed by atoms with E-state index in [4.69, 9.17) is 0 Å². The molecule has 2 aromatic carbocycles. The fourth-order valence-electron chi connectivity index (χ4n) is 2.91. The zero-order valence-corrected chi connectivity index (χ0v) is 15.3. The minimum absolute atomic E-state index is 0. The van der Waals surface area contributed by atoms with Crippen LogP contribution < -0.4 is 16.0 Å². The molecule has 2 amide bonds. The normalized spacial score (nSPS) is 18.2. The predicted molar refractivity (Wildman–Crippen MR) is 106 cm³/mol. The Hall–Kier alpha value is -2.57. The third-order valence-corrected chi connectivity index (χ3v) is 4.23. The van der Waals surface area contributed by atoms with Gasteiger partial charge in [0.1, 0.15) is 11.4 Å². The first-order chi connectivity index (χ1) is 12.1. The molecule has 3 rings (SSSR count). The molecule has 0 aliphatic carbocycles. The van der Waals surface area contributed by atoms with Crippen LogP contribution in [0.5, 0.6) is 5.75 Å². The molecule has 1 heterocycles. The number of para-hydroxylation sites is 1. The second-order valence-electron chi connectivity index (χ2n) is 6.07. The molecule has 138 valence electrons. The Morgan fingerprint density at radius 1 is 1.23 bits per heavy atom. The van der Waals surface area contributed by atoms with Crippen LogP contribution in [0.1, 0.15) is 17.5 Å². The van der Waals surface area contributed by atoms with Crippen molar-refractivity contribution in [2.24, 2.45) is 4.99 Å². The summed E-state index contributed by atoms with van der Waals surface area (Å²) in [6.45, 7) is 3.04. The van der Waals surface area contributed by atoms with Crippen molar-refractivity contribution < 1.29 is 9.90 Å². The van der Waals surface area contributed by atoms with Crippen molar-refractivity contribution in [2.75, 3.05) is 18.4 Å². The summed E-state index contributed by atoms with van der Waals surface area (Å²) in [5.41, 5.74) is 1.89. The lowest BCUT2D eigenvalue weighted by molar-refractivity contribution is 0.249. The number of carbonyl (C=O) groups is 1. The summed E-state index contributed by atoms with van der Waals surface area (Å²) in [6.07, 6.45) is 2.32. The molecule has 0 saturated heterocycles. The Bertz CT molecular complexity index is 779. The molecule has 1 aliphatic heterocycles. The van der Waals surface area contributed by atoms with E-state index in [1.54, 1.807) is 18.3 Å². The fourth-order valence-corrected chi connectivity index (χ4v) is 2.91. The number of carbonyl (C=O) groups excluding carboxylic acids is 1. The summed E-state index contributed by atoms with van der Waals surface area (Å²) in [5, 5.41) is 19.1. The Balaban J connectivity index is 0.00000243.